The van der Waals surface area contributed by atoms with E-state index in [1.165, 1.54) is 0 Å². The van der Waals surface area contributed by atoms with Gasteiger partial charge >= 0.3 is 7.12 Å². The number of rotatable bonds is 5. The number of nitrogens with one attached hydrogen (secondary N) is 1. The quantitative estimate of drug-likeness (QED) is 0.388. The number of hydrogen-bond acceptors (Lipinski definition) is 4. The summed E-state index contributed by atoms with van der Waals surface area (Å²) in [6.45, 7) is 8.72. The van der Waals surface area contributed by atoms with Crippen molar-refractivity contribution in [2.45, 2.75) is 38.9 Å². The first-order chi connectivity index (χ1) is 10.8. The summed E-state index contributed by atoms with van der Waals surface area (Å²) in [6, 6.07) is 7.44. The second kappa shape index (κ2) is 6.77. The molecule has 0 saturated carbocycles. The number of azide groups is 1. The largest absolute Gasteiger partial charge is 0.491 e. The van der Waals surface area contributed by atoms with Crippen molar-refractivity contribution in [3.63, 3.8) is 0 Å². The molecular formula is C16H23BN4O2. The van der Waals surface area contributed by atoms with Crippen molar-refractivity contribution in [1.29, 1.82) is 0 Å². The molecule has 1 heterocycles. The fourth-order valence-corrected chi connectivity index (χ4v) is 2.35. The van der Waals surface area contributed by atoms with Gasteiger partial charge in [-0.1, -0.05) is 35.5 Å². The molecule has 0 radical (unpaired) electrons. The van der Waals surface area contributed by atoms with Crippen LogP contribution in [0.5, 0.6) is 0 Å². The third-order valence-corrected chi connectivity index (χ3v) is 4.37. The van der Waals surface area contributed by atoms with E-state index in [1.807, 2.05) is 59.0 Å². The predicted octanol–water partition coefficient (Wildman–Crippen LogP) is 3.86. The van der Waals surface area contributed by atoms with Gasteiger partial charge < -0.3 is 14.6 Å². The summed E-state index contributed by atoms with van der Waals surface area (Å²) in [7, 11) is 1.44. The van der Waals surface area contributed by atoms with Gasteiger partial charge in [-0.15, -0.1) is 0 Å². The summed E-state index contributed by atoms with van der Waals surface area (Å²) < 4.78 is 12.2. The van der Waals surface area contributed by atoms with Crippen LogP contribution in [0.2, 0.25) is 0 Å². The maximum Gasteiger partial charge on any atom is 0.491 e. The minimum Gasteiger partial charge on any atom is -0.400 e. The summed E-state index contributed by atoms with van der Waals surface area (Å²) in [5, 5.41) is 6.88. The molecule has 1 aromatic rings. The molecule has 1 N–H and O–H groups in total. The predicted molar refractivity (Wildman–Crippen MR) is 93.2 cm³/mol. The summed E-state index contributed by atoms with van der Waals surface area (Å²) >= 11 is 0. The summed E-state index contributed by atoms with van der Waals surface area (Å²) in [5.41, 5.74) is 10.3. The van der Waals surface area contributed by atoms with Crippen molar-refractivity contribution < 1.29 is 9.31 Å². The lowest BCUT2D eigenvalue weighted by Crippen LogP contribution is -2.41. The highest BCUT2D eigenvalue weighted by Crippen LogP contribution is 2.39. The third kappa shape index (κ3) is 3.76. The van der Waals surface area contributed by atoms with Gasteiger partial charge in [0.25, 0.3) is 0 Å². The Hall–Kier alpha value is -1.79. The van der Waals surface area contributed by atoms with E-state index in [4.69, 9.17) is 14.8 Å². The van der Waals surface area contributed by atoms with Crippen LogP contribution in [0.15, 0.2) is 34.9 Å². The van der Waals surface area contributed by atoms with Gasteiger partial charge in [0.1, 0.15) is 0 Å². The lowest BCUT2D eigenvalue weighted by atomic mass is 9.77. The Morgan fingerprint density at radius 2 is 1.87 bits per heavy atom. The highest BCUT2D eigenvalue weighted by molar-refractivity contribution is 6.56. The van der Waals surface area contributed by atoms with Gasteiger partial charge in [0, 0.05) is 17.1 Å². The molecule has 0 unspecified atom stereocenters. The molecule has 0 atom stereocenters. The first-order valence-corrected chi connectivity index (χ1v) is 7.65. The topological polar surface area (TPSA) is 79.3 Å². The maximum atomic E-state index is 8.71. The van der Waals surface area contributed by atoms with Crippen LogP contribution in [0.1, 0.15) is 33.3 Å². The Morgan fingerprint density at radius 3 is 2.43 bits per heavy atom. The number of likely N-dealkylation sites (N-methyl/N-ethyl adjacent to an activating group) is 1. The molecule has 0 bridgehead atoms. The lowest BCUT2D eigenvalue weighted by Gasteiger charge is -2.32. The first-order valence-electron chi connectivity index (χ1n) is 7.65. The van der Waals surface area contributed by atoms with Crippen LogP contribution in [0.25, 0.3) is 16.5 Å². The fraction of sp³-hybridized carbons (Fsp3) is 0.500. The van der Waals surface area contributed by atoms with Gasteiger partial charge in [-0.2, -0.15) is 0 Å². The Bertz CT molecular complexity index is 635. The zero-order valence-electron chi connectivity index (χ0n) is 14.3. The van der Waals surface area contributed by atoms with Gasteiger partial charge in [0.2, 0.25) is 0 Å². The van der Waals surface area contributed by atoms with E-state index in [9.17, 15) is 0 Å². The van der Waals surface area contributed by atoms with Crippen molar-refractivity contribution >= 4 is 18.9 Å². The summed E-state index contributed by atoms with van der Waals surface area (Å²) in [5.74, 6) is 0. The molecule has 1 aromatic carbocycles. The lowest BCUT2D eigenvalue weighted by molar-refractivity contribution is 0.00578. The molecule has 6 nitrogen and oxygen atoms in total. The summed E-state index contributed by atoms with van der Waals surface area (Å²) in [6.07, 6.45) is 1.96. The van der Waals surface area contributed by atoms with Crippen LogP contribution >= 0.6 is 0 Å². The van der Waals surface area contributed by atoms with E-state index in [1.54, 1.807) is 6.07 Å². The van der Waals surface area contributed by atoms with Gasteiger partial charge in [-0.05, 0) is 51.3 Å². The molecule has 0 aromatic heterocycles. The van der Waals surface area contributed by atoms with E-state index in [-0.39, 0.29) is 0 Å². The molecule has 0 amide bonds. The standard InChI is InChI=1S/C16H23BN4O2/c1-15(2)16(3,4)23-17(22-15)13(11-19-5)10-12-8-6-7-9-14(12)20-21-18/h6-10,19H,11H2,1-5H3. The Kier molecular flexibility index (Phi) is 5.17. The zero-order valence-corrected chi connectivity index (χ0v) is 14.3. The minimum atomic E-state index is -0.438. The monoisotopic (exact) mass is 314 g/mol. The molecule has 1 aliphatic heterocycles. The Morgan fingerprint density at radius 1 is 1.26 bits per heavy atom. The van der Waals surface area contributed by atoms with E-state index in [0.29, 0.717) is 12.2 Å². The van der Waals surface area contributed by atoms with E-state index in [0.717, 1.165) is 11.0 Å². The molecule has 122 valence electrons. The van der Waals surface area contributed by atoms with Gasteiger partial charge in [-0.25, -0.2) is 0 Å². The highest BCUT2D eigenvalue weighted by atomic mass is 16.7. The van der Waals surface area contributed by atoms with Crippen LogP contribution in [0.3, 0.4) is 0 Å². The van der Waals surface area contributed by atoms with Crippen molar-refractivity contribution in [1.82, 2.24) is 5.32 Å². The molecule has 1 saturated heterocycles. The normalized spacial score (nSPS) is 19.5. The van der Waals surface area contributed by atoms with Crippen LogP contribution in [0.4, 0.5) is 5.69 Å². The molecule has 1 fully saturated rings. The van der Waals surface area contributed by atoms with Crippen molar-refractivity contribution in [3.05, 3.63) is 45.7 Å². The van der Waals surface area contributed by atoms with Crippen LogP contribution in [-0.2, 0) is 9.31 Å². The Labute approximate surface area is 137 Å². The van der Waals surface area contributed by atoms with Gasteiger partial charge in [0.05, 0.1) is 11.2 Å². The van der Waals surface area contributed by atoms with Gasteiger partial charge in [0.15, 0.2) is 0 Å². The second-order valence-corrected chi connectivity index (χ2v) is 6.59. The van der Waals surface area contributed by atoms with Crippen LogP contribution in [0, 0.1) is 0 Å². The second-order valence-electron chi connectivity index (χ2n) is 6.59. The molecule has 1 aliphatic rings. The zero-order chi connectivity index (χ0) is 17.1. The van der Waals surface area contributed by atoms with Crippen LogP contribution < -0.4 is 5.32 Å². The molecule has 0 spiro atoms. The van der Waals surface area contributed by atoms with Crippen molar-refractivity contribution in [2.75, 3.05) is 13.6 Å². The SMILES string of the molecule is CNCC(=Cc1ccccc1N=[N+]=[N-])B1OC(C)(C)C(C)(C)O1. The summed E-state index contributed by atoms with van der Waals surface area (Å²) in [4.78, 5) is 2.88. The highest BCUT2D eigenvalue weighted by Gasteiger charge is 2.52. The van der Waals surface area contributed by atoms with Crippen LogP contribution in [-0.4, -0.2) is 31.9 Å². The van der Waals surface area contributed by atoms with Gasteiger partial charge in [-0.3, -0.25) is 0 Å². The smallest absolute Gasteiger partial charge is 0.400 e. The average molecular weight is 314 g/mol. The third-order valence-electron chi connectivity index (χ3n) is 4.37. The molecule has 7 heteroatoms. The minimum absolute atomic E-state index is 0.394. The van der Waals surface area contributed by atoms with E-state index in [2.05, 4.69) is 15.3 Å². The number of benzene rings is 1. The maximum absolute atomic E-state index is 8.71. The number of hydrogen-bond donors (Lipinski definition) is 1. The van der Waals surface area contributed by atoms with E-state index < -0.39 is 18.3 Å². The van der Waals surface area contributed by atoms with Crippen molar-refractivity contribution in [3.8, 4) is 0 Å². The fourth-order valence-electron chi connectivity index (χ4n) is 2.35. The van der Waals surface area contributed by atoms with Crippen molar-refractivity contribution in [2.24, 2.45) is 5.11 Å². The number of nitrogens with zero attached hydrogens (tertiary/aromatic N) is 3. The molecule has 0 aliphatic carbocycles. The average Bonchev–Trinajstić information content (AvgIpc) is 2.69. The molecule has 2 rings (SSSR count). The van der Waals surface area contributed by atoms with E-state index >= 15 is 0 Å². The molecular weight excluding hydrogens is 291 g/mol. The molecule has 23 heavy (non-hydrogen) atoms. The first kappa shape index (κ1) is 17.6. The Balaban J connectivity index is 2.38.